The molecule has 1 aromatic carbocycles. The third kappa shape index (κ3) is 4.38. The molecule has 2 aromatic rings. The van der Waals surface area contributed by atoms with E-state index in [0.717, 1.165) is 61.4 Å². The number of rotatable bonds is 3. The monoisotopic (exact) mass is 366 g/mol. The lowest BCUT2D eigenvalue weighted by molar-refractivity contribution is 0.00791. The van der Waals surface area contributed by atoms with E-state index in [4.69, 9.17) is 9.84 Å². The molecule has 1 saturated carbocycles. The van der Waals surface area contributed by atoms with Gasteiger partial charge in [0.1, 0.15) is 18.8 Å². The Balaban J connectivity index is 1.44. The molecule has 0 spiro atoms. The average Bonchev–Trinajstić information content (AvgIpc) is 2.74. The summed E-state index contributed by atoms with van der Waals surface area (Å²) in [5.74, 6) is 6.53. The number of hydrogen-bond acceptors (Lipinski definition) is 6. The van der Waals surface area contributed by atoms with Crippen LogP contribution in [-0.2, 0) is 4.74 Å². The van der Waals surface area contributed by atoms with E-state index >= 15 is 0 Å². The zero-order chi connectivity index (χ0) is 18.5. The van der Waals surface area contributed by atoms with Gasteiger partial charge in [0.05, 0.1) is 18.7 Å². The van der Waals surface area contributed by atoms with Gasteiger partial charge in [-0.15, -0.1) is 0 Å². The fraction of sp³-hybridized carbons (Fsp3) is 0.524. The molecule has 2 heterocycles. The molecule has 6 nitrogen and oxygen atoms in total. The van der Waals surface area contributed by atoms with Crippen molar-refractivity contribution in [1.82, 2.24) is 14.9 Å². The number of nitrogens with zero attached hydrogens (tertiary/aromatic N) is 3. The Labute approximate surface area is 160 Å². The van der Waals surface area contributed by atoms with Gasteiger partial charge in [0, 0.05) is 36.1 Å². The Morgan fingerprint density at radius 3 is 2.74 bits per heavy atom. The lowest BCUT2D eigenvalue weighted by Crippen LogP contribution is -2.46. The average molecular weight is 366 g/mol. The SMILES string of the molecule is OCC#Cc1ccc2ncnc(N[C@H]3CC[C@H](N4CCOCC4)CC3)c2c1. The number of aliphatic hydroxyl groups excluding tert-OH is 1. The van der Waals surface area contributed by atoms with E-state index in [1.54, 1.807) is 6.33 Å². The Morgan fingerprint density at radius 2 is 1.96 bits per heavy atom. The number of fused-ring (bicyclic) bond motifs is 1. The van der Waals surface area contributed by atoms with Crippen molar-refractivity contribution >= 4 is 16.7 Å². The molecule has 1 saturated heterocycles. The van der Waals surface area contributed by atoms with Crippen molar-refractivity contribution in [3.63, 3.8) is 0 Å². The van der Waals surface area contributed by atoms with Crippen molar-refractivity contribution < 1.29 is 9.84 Å². The highest BCUT2D eigenvalue weighted by molar-refractivity contribution is 5.90. The number of ether oxygens (including phenoxy) is 1. The first-order valence-corrected chi connectivity index (χ1v) is 9.76. The fourth-order valence-electron chi connectivity index (χ4n) is 4.11. The van der Waals surface area contributed by atoms with E-state index < -0.39 is 0 Å². The van der Waals surface area contributed by atoms with Gasteiger partial charge < -0.3 is 15.2 Å². The van der Waals surface area contributed by atoms with Crippen molar-refractivity contribution in [2.75, 3.05) is 38.2 Å². The standard InChI is InChI=1S/C21H26N4O2/c26-11-1-2-16-3-8-20-19(14-16)21(23-15-22-20)24-17-4-6-18(7-5-17)25-9-12-27-13-10-25/h3,8,14-15,17-18,26H,4-7,9-13H2,(H,22,23,24)/t17-,18-. The Kier molecular flexibility index (Phi) is 5.83. The molecule has 0 unspecified atom stereocenters. The van der Waals surface area contributed by atoms with Crippen molar-refractivity contribution in [2.24, 2.45) is 0 Å². The number of aliphatic hydroxyl groups is 1. The topological polar surface area (TPSA) is 70.5 Å². The van der Waals surface area contributed by atoms with Crippen LogP contribution in [0, 0.1) is 11.8 Å². The summed E-state index contributed by atoms with van der Waals surface area (Å²) in [6, 6.07) is 7.01. The molecule has 0 atom stereocenters. The second kappa shape index (κ2) is 8.66. The van der Waals surface area contributed by atoms with Crippen molar-refractivity contribution in [2.45, 2.75) is 37.8 Å². The predicted molar refractivity (Wildman–Crippen MR) is 106 cm³/mol. The van der Waals surface area contributed by atoms with E-state index in [0.29, 0.717) is 12.1 Å². The normalized spacial score (nSPS) is 23.6. The molecule has 1 aliphatic heterocycles. The number of hydrogen-bond donors (Lipinski definition) is 2. The molecule has 0 bridgehead atoms. The largest absolute Gasteiger partial charge is 0.384 e. The first kappa shape index (κ1) is 18.2. The molecular weight excluding hydrogens is 340 g/mol. The van der Waals surface area contributed by atoms with Gasteiger partial charge >= 0.3 is 0 Å². The third-order valence-corrected chi connectivity index (χ3v) is 5.55. The van der Waals surface area contributed by atoms with E-state index in [-0.39, 0.29) is 6.61 Å². The van der Waals surface area contributed by atoms with E-state index in [9.17, 15) is 0 Å². The summed E-state index contributed by atoms with van der Waals surface area (Å²) < 4.78 is 5.47. The highest BCUT2D eigenvalue weighted by Gasteiger charge is 2.27. The Bertz CT molecular complexity index is 831. The summed E-state index contributed by atoms with van der Waals surface area (Å²) in [6.07, 6.45) is 6.35. The minimum Gasteiger partial charge on any atom is -0.384 e. The molecule has 27 heavy (non-hydrogen) atoms. The van der Waals surface area contributed by atoms with Crippen molar-refractivity contribution in [3.05, 3.63) is 30.1 Å². The van der Waals surface area contributed by atoms with Gasteiger partial charge in [-0.3, -0.25) is 4.90 Å². The van der Waals surface area contributed by atoms with Gasteiger partial charge in [-0.1, -0.05) is 11.8 Å². The van der Waals surface area contributed by atoms with Crippen LogP contribution in [-0.4, -0.2) is 65.0 Å². The van der Waals surface area contributed by atoms with Gasteiger partial charge in [0.25, 0.3) is 0 Å². The number of morpholine rings is 1. The quantitative estimate of drug-likeness (QED) is 0.810. The summed E-state index contributed by atoms with van der Waals surface area (Å²) in [6.45, 7) is 3.73. The van der Waals surface area contributed by atoms with Crippen molar-refractivity contribution in [1.29, 1.82) is 0 Å². The van der Waals surface area contributed by atoms with Gasteiger partial charge in [0.15, 0.2) is 0 Å². The first-order valence-electron chi connectivity index (χ1n) is 9.76. The minimum atomic E-state index is -0.138. The van der Waals surface area contributed by atoms with Gasteiger partial charge in [-0.25, -0.2) is 9.97 Å². The van der Waals surface area contributed by atoms with Crippen LogP contribution in [0.2, 0.25) is 0 Å². The minimum absolute atomic E-state index is 0.138. The molecule has 1 aliphatic carbocycles. The lowest BCUT2D eigenvalue weighted by atomic mass is 9.90. The summed E-state index contributed by atoms with van der Waals surface area (Å²) in [5.41, 5.74) is 1.77. The van der Waals surface area contributed by atoms with Crippen LogP contribution in [0.4, 0.5) is 5.82 Å². The molecule has 4 rings (SSSR count). The third-order valence-electron chi connectivity index (χ3n) is 5.55. The number of benzene rings is 1. The van der Waals surface area contributed by atoms with Crippen LogP contribution >= 0.6 is 0 Å². The number of nitrogens with one attached hydrogen (secondary N) is 1. The molecule has 142 valence electrons. The lowest BCUT2D eigenvalue weighted by Gasteiger charge is -2.39. The van der Waals surface area contributed by atoms with Crippen LogP contribution in [0.3, 0.4) is 0 Å². The van der Waals surface area contributed by atoms with Crippen LogP contribution in [0.15, 0.2) is 24.5 Å². The summed E-state index contributed by atoms with van der Waals surface area (Å²) >= 11 is 0. The summed E-state index contributed by atoms with van der Waals surface area (Å²) in [7, 11) is 0. The van der Waals surface area contributed by atoms with E-state index in [1.807, 2.05) is 18.2 Å². The predicted octanol–water partition coefficient (Wildman–Crippen LogP) is 2.03. The summed E-state index contributed by atoms with van der Waals surface area (Å²) in [5, 5.41) is 13.5. The summed E-state index contributed by atoms with van der Waals surface area (Å²) in [4.78, 5) is 11.4. The molecule has 2 N–H and O–H groups in total. The second-order valence-electron chi connectivity index (χ2n) is 7.21. The van der Waals surface area contributed by atoms with E-state index in [1.165, 1.54) is 12.8 Å². The molecular formula is C21H26N4O2. The molecule has 6 heteroatoms. The number of anilines is 1. The molecule has 0 radical (unpaired) electrons. The van der Waals surface area contributed by atoms with Gasteiger partial charge in [0.2, 0.25) is 0 Å². The van der Waals surface area contributed by atoms with Crippen LogP contribution in [0.25, 0.3) is 10.9 Å². The van der Waals surface area contributed by atoms with Crippen LogP contribution in [0.5, 0.6) is 0 Å². The molecule has 0 amide bonds. The highest BCUT2D eigenvalue weighted by atomic mass is 16.5. The Morgan fingerprint density at radius 1 is 1.15 bits per heavy atom. The molecule has 2 aliphatic rings. The first-order chi connectivity index (χ1) is 13.3. The number of aromatic nitrogens is 2. The maximum Gasteiger partial charge on any atom is 0.137 e. The maximum absolute atomic E-state index is 8.91. The zero-order valence-electron chi connectivity index (χ0n) is 15.5. The fourth-order valence-corrected chi connectivity index (χ4v) is 4.11. The smallest absolute Gasteiger partial charge is 0.137 e. The second-order valence-corrected chi connectivity index (χ2v) is 7.21. The molecule has 1 aromatic heterocycles. The maximum atomic E-state index is 8.91. The van der Waals surface area contributed by atoms with Gasteiger partial charge in [-0.05, 0) is 43.9 Å². The highest BCUT2D eigenvalue weighted by Crippen LogP contribution is 2.28. The van der Waals surface area contributed by atoms with Crippen LogP contribution in [0.1, 0.15) is 31.2 Å². The van der Waals surface area contributed by atoms with Crippen LogP contribution < -0.4 is 5.32 Å². The van der Waals surface area contributed by atoms with Gasteiger partial charge in [-0.2, -0.15) is 0 Å². The molecule has 2 fully saturated rings. The zero-order valence-corrected chi connectivity index (χ0v) is 15.5. The van der Waals surface area contributed by atoms with Crippen molar-refractivity contribution in [3.8, 4) is 11.8 Å². The Hall–Kier alpha value is -2.20. The van der Waals surface area contributed by atoms with E-state index in [2.05, 4.69) is 32.0 Å².